The molecule has 0 aliphatic heterocycles. The minimum atomic E-state index is 0.713. The fraction of sp³-hybridized carbons (Fsp3) is 0.0909. The van der Waals surface area contributed by atoms with Crippen molar-refractivity contribution in [3.63, 3.8) is 0 Å². The molecule has 0 aliphatic rings. The van der Waals surface area contributed by atoms with Crippen LogP contribution in [0.25, 0.3) is 11.3 Å². The van der Waals surface area contributed by atoms with E-state index < -0.39 is 0 Å². The lowest BCUT2D eigenvalue weighted by Gasteiger charge is -2.03. The van der Waals surface area contributed by atoms with E-state index in [1.165, 1.54) is 0 Å². The number of benzene rings is 1. The second-order valence-corrected chi connectivity index (χ2v) is 3.48. The number of rotatable bonds is 1. The normalized spacial score (nSPS) is 10.1. The van der Waals surface area contributed by atoms with E-state index in [1.54, 1.807) is 18.6 Å². The zero-order valence-corrected chi connectivity index (χ0v) is 8.49. The predicted molar refractivity (Wildman–Crippen MR) is 57.2 cm³/mol. The van der Waals surface area contributed by atoms with Gasteiger partial charge in [-0.05, 0) is 18.6 Å². The van der Waals surface area contributed by atoms with Crippen LogP contribution in [0, 0.1) is 6.92 Å². The zero-order chi connectivity index (χ0) is 9.97. The maximum Gasteiger partial charge on any atom is 0.0900 e. The Labute approximate surface area is 87.6 Å². The molecule has 0 N–H and O–H groups in total. The van der Waals surface area contributed by atoms with E-state index in [-0.39, 0.29) is 0 Å². The lowest BCUT2D eigenvalue weighted by Crippen LogP contribution is -1.85. The average molecular weight is 205 g/mol. The summed E-state index contributed by atoms with van der Waals surface area (Å²) in [6.45, 7) is 2.01. The highest BCUT2D eigenvalue weighted by molar-refractivity contribution is 6.33. The molecule has 0 bridgehead atoms. The summed E-state index contributed by atoms with van der Waals surface area (Å²) in [6.07, 6.45) is 5.01. The van der Waals surface area contributed by atoms with E-state index in [0.29, 0.717) is 5.02 Å². The molecular formula is C11H9ClN2. The highest BCUT2D eigenvalue weighted by Gasteiger charge is 2.03. The van der Waals surface area contributed by atoms with E-state index >= 15 is 0 Å². The molecule has 0 radical (unpaired) electrons. The minimum absolute atomic E-state index is 0.713. The molecule has 0 saturated carbocycles. The summed E-state index contributed by atoms with van der Waals surface area (Å²) in [4.78, 5) is 8.20. The minimum Gasteiger partial charge on any atom is -0.261 e. The van der Waals surface area contributed by atoms with E-state index in [2.05, 4.69) is 9.97 Å². The molecule has 1 heterocycles. The van der Waals surface area contributed by atoms with Gasteiger partial charge in [-0.25, -0.2) is 0 Å². The summed E-state index contributed by atoms with van der Waals surface area (Å²) in [5, 5.41) is 0.713. The molecule has 1 aromatic heterocycles. The molecule has 0 fully saturated rings. The Morgan fingerprint density at radius 2 is 2.07 bits per heavy atom. The van der Waals surface area contributed by atoms with Crippen molar-refractivity contribution < 1.29 is 0 Å². The largest absolute Gasteiger partial charge is 0.261 e. The van der Waals surface area contributed by atoms with Crippen LogP contribution in [0.15, 0.2) is 36.8 Å². The van der Waals surface area contributed by atoms with Crippen molar-refractivity contribution in [1.29, 1.82) is 0 Å². The Hall–Kier alpha value is -1.41. The van der Waals surface area contributed by atoms with E-state index in [4.69, 9.17) is 11.6 Å². The Morgan fingerprint density at radius 3 is 2.71 bits per heavy atom. The third-order valence-electron chi connectivity index (χ3n) is 1.96. The molecule has 2 aromatic rings. The second-order valence-electron chi connectivity index (χ2n) is 3.07. The van der Waals surface area contributed by atoms with Gasteiger partial charge < -0.3 is 0 Å². The van der Waals surface area contributed by atoms with E-state index in [1.807, 2.05) is 25.1 Å². The average Bonchev–Trinajstić information content (AvgIpc) is 2.19. The predicted octanol–water partition coefficient (Wildman–Crippen LogP) is 3.11. The summed E-state index contributed by atoms with van der Waals surface area (Å²) in [5.41, 5.74) is 2.87. The van der Waals surface area contributed by atoms with Crippen LogP contribution in [0.1, 0.15) is 5.56 Å². The highest BCUT2D eigenvalue weighted by atomic mass is 35.5. The lowest BCUT2D eigenvalue weighted by atomic mass is 10.1. The molecule has 3 heteroatoms. The summed E-state index contributed by atoms with van der Waals surface area (Å²) in [7, 11) is 0. The van der Waals surface area contributed by atoms with Gasteiger partial charge in [0.15, 0.2) is 0 Å². The smallest absolute Gasteiger partial charge is 0.0900 e. The molecule has 70 valence electrons. The molecule has 2 rings (SSSR count). The maximum absolute atomic E-state index is 6.10. The van der Waals surface area contributed by atoms with Crippen molar-refractivity contribution in [2.75, 3.05) is 0 Å². The van der Waals surface area contributed by atoms with Crippen molar-refractivity contribution in [1.82, 2.24) is 9.97 Å². The Kier molecular flexibility index (Phi) is 2.46. The van der Waals surface area contributed by atoms with Crippen molar-refractivity contribution in [3.8, 4) is 11.3 Å². The first-order valence-electron chi connectivity index (χ1n) is 4.30. The fourth-order valence-corrected chi connectivity index (χ4v) is 1.60. The molecule has 0 aliphatic carbocycles. The number of nitrogens with zero attached hydrogens (tertiary/aromatic N) is 2. The number of halogens is 1. The number of aromatic nitrogens is 2. The molecule has 0 amide bonds. The Morgan fingerprint density at radius 1 is 1.21 bits per heavy atom. The number of hydrogen-bond donors (Lipinski definition) is 0. The van der Waals surface area contributed by atoms with Gasteiger partial charge in [0.05, 0.1) is 16.9 Å². The van der Waals surface area contributed by atoms with Crippen LogP contribution < -0.4 is 0 Å². The molecule has 14 heavy (non-hydrogen) atoms. The topological polar surface area (TPSA) is 25.8 Å². The lowest BCUT2D eigenvalue weighted by molar-refractivity contribution is 1.20. The number of aryl methyl sites for hydroxylation is 1. The number of hydrogen-bond acceptors (Lipinski definition) is 2. The summed E-state index contributed by atoms with van der Waals surface area (Å²) in [6, 6.07) is 5.89. The quantitative estimate of drug-likeness (QED) is 0.714. The maximum atomic E-state index is 6.10. The third kappa shape index (κ3) is 1.75. The van der Waals surface area contributed by atoms with Gasteiger partial charge in [-0.2, -0.15) is 0 Å². The van der Waals surface area contributed by atoms with Crippen LogP contribution >= 0.6 is 11.6 Å². The van der Waals surface area contributed by atoms with Crippen LogP contribution in [0.5, 0.6) is 0 Å². The molecular weight excluding hydrogens is 196 g/mol. The van der Waals surface area contributed by atoms with Crippen molar-refractivity contribution in [2.24, 2.45) is 0 Å². The van der Waals surface area contributed by atoms with Gasteiger partial charge >= 0.3 is 0 Å². The monoisotopic (exact) mass is 204 g/mol. The summed E-state index contributed by atoms with van der Waals surface area (Å²) in [5.74, 6) is 0. The highest BCUT2D eigenvalue weighted by Crippen LogP contribution is 2.26. The second kappa shape index (κ2) is 3.76. The van der Waals surface area contributed by atoms with Crippen LogP contribution in [-0.2, 0) is 0 Å². The SMILES string of the molecule is Cc1ccc(-c2cnccn2)c(Cl)c1. The van der Waals surface area contributed by atoms with Crippen molar-refractivity contribution in [3.05, 3.63) is 47.4 Å². The van der Waals surface area contributed by atoms with E-state index in [9.17, 15) is 0 Å². The molecule has 0 saturated heterocycles. The van der Waals surface area contributed by atoms with Gasteiger partial charge in [0, 0.05) is 18.0 Å². The van der Waals surface area contributed by atoms with Crippen molar-refractivity contribution in [2.45, 2.75) is 6.92 Å². The van der Waals surface area contributed by atoms with Crippen molar-refractivity contribution >= 4 is 11.6 Å². The van der Waals surface area contributed by atoms with Gasteiger partial charge in [0.1, 0.15) is 0 Å². The van der Waals surface area contributed by atoms with Crippen LogP contribution in [-0.4, -0.2) is 9.97 Å². The van der Waals surface area contributed by atoms with Gasteiger partial charge in [0.2, 0.25) is 0 Å². The fourth-order valence-electron chi connectivity index (χ4n) is 1.27. The van der Waals surface area contributed by atoms with Crippen LogP contribution in [0.4, 0.5) is 0 Å². The molecule has 0 unspecified atom stereocenters. The van der Waals surface area contributed by atoms with Crippen LogP contribution in [0.3, 0.4) is 0 Å². The van der Waals surface area contributed by atoms with Gasteiger partial charge in [-0.1, -0.05) is 23.7 Å². The summed E-state index contributed by atoms with van der Waals surface area (Å²) >= 11 is 6.10. The molecule has 2 nitrogen and oxygen atoms in total. The van der Waals surface area contributed by atoms with Gasteiger partial charge in [-0.3, -0.25) is 9.97 Å². The Balaban J connectivity index is 2.53. The van der Waals surface area contributed by atoms with E-state index in [0.717, 1.165) is 16.8 Å². The third-order valence-corrected chi connectivity index (χ3v) is 2.28. The molecule has 0 atom stereocenters. The van der Waals surface area contributed by atoms with Gasteiger partial charge in [0.25, 0.3) is 0 Å². The first-order chi connectivity index (χ1) is 6.77. The first kappa shape index (κ1) is 9.16. The molecule has 1 aromatic carbocycles. The first-order valence-corrected chi connectivity index (χ1v) is 4.68. The standard InChI is InChI=1S/C11H9ClN2/c1-8-2-3-9(10(12)6-8)11-7-13-4-5-14-11/h2-7H,1H3. The molecule has 0 spiro atoms. The van der Waals surface area contributed by atoms with Crippen LogP contribution in [0.2, 0.25) is 5.02 Å². The zero-order valence-electron chi connectivity index (χ0n) is 7.74. The van der Waals surface area contributed by atoms with Gasteiger partial charge in [-0.15, -0.1) is 0 Å². The Bertz CT molecular complexity index is 440. The summed E-state index contributed by atoms with van der Waals surface area (Å²) < 4.78 is 0.